The molecule has 3 aliphatic rings. The molecule has 0 aromatic carbocycles. The van der Waals surface area contributed by atoms with Gasteiger partial charge in [-0.3, -0.25) is 4.79 Å². The number of fused-ring (bicyclic) bond motifs is 2. The molecule has 3 fully saturated rings. The lowest BCUT2D eigenvalue weighted by atomic mass is 9.52. The highest BCUT2D eigenvalue weighted by Gasteiger charge is 2.58. The third kappa shape index (κ3) is 5.86. The van der Waals surface area contributed by atoms with E-state index in [1.165, 1.54) is 6.92 Å². The van der Waals surface area contributed by atoms with Gasteiger partial charge in [0.1, 0.15) is 12.2 Å². The van der Waals surface area contributed by atoms with Crippen LogP contribution in [-0.4, -0.2) is 49.1 Å². The second-order valence-electron chi connectivity index (χ2n) is 9.60. The van der Waals surface area contributed by atoms with Crippen molar-refractivity contribution in [2.24, 2.45) is 29.6 Å². The Hall–Kier alpha value is -2.27. The maximum atomic E-state index is 12.8. The lowest BCUT2D eigenvalue weighted by Gasteiger charge is -2.56. The van der Waals surface area contributed by atoms with Crippen molar-refractivity contribution in [1.82, 2.24) is 0 Å². The summed E-state index contributed by atoms with van der Waals surface area (Å²) in [5, 5.41) is 0. The Labute approximate surface area is 192 Å². The fourth-order valence-electron chi connectivity index (χ4n) is 5.64. The minimum absolute atomic E-state index is 0.0726. The third-order valence-corrected chi connectivity index (χ3v) is 7.05. The molecular formula is C22H26F6O6. The second kappa shape index (κ2) is 9.41. The van der Waals surface area contributed by atoms with Gasteiger partial charge < -0.3 is 14.2 Å². The van der Waals surface area contributed by atoms with Gasteiger partial charge >= 0.3 is 30.3 Å². The Kier molecular flexibility index (Phi) is 7.29. The molecule has 0 N–H and O–H groups in total. The molecule has 3 aliphatic carbocycles. The minimum Gasteiger partial charge on any atom is -0.462 e. The number of rotatable bonds is 7. The summed E-state index contributed by atoms with van der Waals surface area (Å²) in [6.45, 7) is 2.01. The van der Waals surface area contributed by atoms with Crippen LogP contribution < -0.4 is 0 Å². The summed E-state index contributed by atoms with van der Waals surface area (Å²) >= 11 is 0. The number of halogens is 6. The van der Waals surface area contributed by atoms with Crippen LogP contribution in [0.15, 0.2) is 12.2 Å². The monoisotopic (exact) mass is 500 g/mol. The second-order valence-corrected chi connectivity index (χ2v) is 9.60. The van der Waals surface area contributed by atoms with Gasteiger partial charge in [0.25, 0.3) is 0 Å². The quantitative estimate of drug-likeness (QED) is 0.222. The normalized spacial score (nSPS) is 30.6. The van der Waals surface area contributed by atoms with Crippen molar-refractivity contribution in [3.8, 4) is 0 Å². The Morgan fingerprint density at radius 3 is 2.24 bits per heavy atom. The van der Waals surface area contributed by atoms with Crippen molar-refractivity contribution in [3.05, 3.63) is 12.2 Å². The van der Waals surface area contributed by atoms with E-state index in [0.29, 0.717) is 18.8 Å². The number of ether oxygens (including phenoxy) is 3. The highest BCUT2D eigenvalue weighted by Crippen LogP contribution is 2.58. The van der Waals surface area contributed by atoms with Gasteiger partial charge in [-0.1, -0.05) is 6.58 Å². The Morgan fingerprint density at radius 2 is 1.65 bits per heavy atom. The summed E-state index contributed by atoms with van der Waals surface area (Å²) in [4.78, 5) is 36.7. The van der Waals surface area contributed by atoms with Gasteiger partial charge in [0.2, 0.25) is 0 Å². The van der Waals surface area contributed by atoms with Crippen molar-refractivity contribution in [2.75, 3.05) is 13.2 Å². The summed E-state index contributed by atoms with van der Waals surface area (Å²) in [6, 6.07) is 0. The number of carbonyl (C=O) groups excluding carboxylic acids is 3. The van der Waals surface area contributed by atoms with E-state index in [1.54, 1.807) is 0 Å². The molecule has 34 heavy (non-hydrogen) atoms. The van der Waals surface area contributed by atoms with Gasteiger partial charge in [-0.15, -0.1) is 0 Å². The van der Waals surface area contributed by atoms with E-state index >= 15 is 0 Å². The topological polar surface area (TPSA) is 78.9 Å². The molecule has 3 saturated carbocycles. The molecule has 0 aromatic rings. The van der Waals surface area contributed by atoms with Crippen LogP contribution in [0.4, 0.5) is 26.3 Å². The summed E-state index contributed by atoms with van der Waals surface area (Å²) in [5.74, 6) is -7.08. The molecule has 192 valence electrons. The van der Waals surface area contributed by atoms with Crippen LogP contribution in [0.25, 0.3) is 0 Å². The van der Waals surface area contributed by atoms with Crippen LogP contribution >= 0.6 is 0 Å². The molecule has 3 rings (SSSR count). The first-order valence-electron chi connectivity index (χ1n) is 11.0. The van der Waals surface area contributed by atoms with Crippen LogP contribution in [0, 0.1) is 29.6 Å². The molecule has 0 heterocycles. The van der Waals surface area contributed by atoms with E-state index in [0.717, 1.165) is 19.3 Å². The van der Waals surface area contributed by atoms with E-state index in [4.69, 9.17) is 9.47 Å². The lowest BCUT2D eigenvalue weighted by molar-refractivity contribution is -0.292. The molecule has 0 saturated heterocycles. The van der Waals surface area contributed by atoms with Crippen molar-refractivity contribution >= 4 is 17.9 Å². The minimum atomic E-state index is -5.65. The molecule has 6 nitrogen and oxygen atoms in total. The van der Waals surface area contributed by atoms with Gasteiger partial charge in [0.15, 0.2) is 12.5 Å². The molecule has 0 aromatic heterocycles. The number of alkyl halides is 6. The van der Waals surface area contributed by atoms with Gasteiger partial charge in [-0.2, -0.15) is 26.3 Å². The maximum Gasteiger partial charge on any atom is 0.403 e. The average molecular weight is 500 g/mol. The zero-order valence-electron chi connectivity index (χ0n) is 18.5. The molecular weight excluding hydrogens is 474 g/mol. The fraction of sp³-hybridized carbons (Fsp3) is 0.773. The van der Waals surface area contributed by atoms with Crippen LogP contribution in [-0.2, 0) is 28.6 Å². The Bertz CT molecular complexity index is 819. The average Bonchev–Trinajstić information content (AvgIpc) is 2.68. The predicted octanol–water partition coefficient (Wildman–Crippen LogP) is 4.52. The first-order valence-corrected chi connectivity index (χ1v) is 11.0. The lowest BCUT2D eigenvalue weighted by Crippen LogP contribution is -2.56. The van der Waals surface area contributed by atoms with Gasteiger partial charge in [0.05, 0.1) is 5.92 Å². The van der Waals surface area contributed by atoms with Crippen LogP contribution in [0.3, 0.4) is 0 Å². The standard InChI is InChI=1S/C22H26F6O6/c1-11(2)18(30)34-20-6-12-3-4-14(13(5-12)7-20)15(8-20)19(31)33-10-17(29)32-9-16(21(23,24)25)22(26,27)28/h12-16H,1,3-10H2,2H3. The SMILES string of the molecule is C=C(C)C(=O)OC12CC3CCC(C(C3)C1)C(C(=O)OCC(=O)OCC(C(F)(F)F)C(F)(F)F)C2. The summed E-state index contributed by atoms with van der Waals surface area (Å²) in [5.41, 5.74) is -0.665. The van der Waals surface area contributed by atoms with Crippen LogP contribution in [0.5, 0.6) is 0 Å². The number of carbonyl (C=O) groups is 3. The molecule has 0 radical (unpaired) electrons. The van der Waals surface area contributed by atoms with E-state index in [-0.39, 0.29) is 23.8 Å². The largest absolute Gasteiger partial charge is 0.462 e. The zero-order valence-corrected chi connectivity index (χ0v) is 18.5. The molecule has 0 aliphatic heterocycles. The first-order chi connectivity index (χ1) is 15.6. The molecule has 3 bridgehead atoms. The third-order valence-electron chi connectivity index (χ3n) is 7.05. The molecule has 5 atom stereocenters. The summed E-state index contributed by atoms with van der Waals surface area (Å²) < 4.78 is 90.1. The van der Waals surface area contributed by atoms with Crippen LogP contribution in [0.1, 0.15) is 45.4 Å². The molecule has 12 heteroatoms. The fourth-order valence-corrected chi connectivity index (χ4v) is 5.64. The molecule has 5 unspecified atom stereocenters. The van der Waals surface area contributed by atoms with Crippen LogP contribution in [0.2, 0.25) is 0 Å². The maximum absolute atomic E-state index is 12.8. The predicted molar refractivity (Wildman–Crippen MR) is 103 cm³/mol. The molecule has 0 spiro atoms. The van der Waals surface area contributed by atoms with E-state index in [2.05, 4.69) is 11.3 Å². The summed E-state index contributed by atoms with van der Waals surface area (Å²) in [7, 11) is 0. The van der Waals surface area contributed by atoms with E-state index in [1.807, 2.05) is 0 Å². The first kappa shape index (κ1) is 26.3. The van der Waals surface area contributed by atoms with Gasteiger partial charge in [-0.05, 0) is 56.8 Å². The van der Waals surface area contributed by atoms with E-state index < -0.39 is 60.9 Å². The van der Waals surface area contributed by atoms with Crippen molar-refractivity contribution in [1.29, 1.82) is 0 Å². The smallest absolute Gasteiger partial charge is 0.403 e. The molecule has 0 amide bonds. The van der Waals surface area contributed by atoms with E-state index in [9.17, 15) is 40.7 Å². The highest BCUT2D eigenvalue weighted by molar-refractivity contribution is 5.87. The van der Waals surface area contributed by atoms with Crippen molar-refractivity contribution in [3.63, 3.8) is 0 Å². The van der Waals surface area contributed by atoms with Gasteiger partial charge in [-0.25, -0.2) is 9.59 Å². The van der Waals surface area contributed by atoms with Gasteiger partial charge in [0, 0.05) is 12.0 Å². The number of hydrogen-bond donors (Lipinski definition) is 0. The van der Waals surface area contributed by atoms with Crippen molar-refractivity contribution in [2.45, 2.75) is 63.4 Å². The van der Waals surface area contributed by atoms with Crippen molar-refractivity contribution < 1.29 is 54.9 Å². The summed E-state index contributed by atoms with van der Waals surface area (Å²) in [6.07, 6.45) is -7.53. The Balaban J connectivity index is 1.61. The Morgan fingerprint density at radius 1 is 1.00 bits per heavy atom. The number of hydrogen-bond acceptors (Lipinski definition) is 6. The number of esters is 3. The highest BCUT2D eigenvalue weighted by atomic mass is 19.4. The zero-order chi connectivity index (χ0) is 25.5.